The van der Waals surface area contributed by atoms with Crippen molar-refractivity contribution in [1.29, 1.82) is 0 Å². The van der Waals surface area contributed by atoms with Gasteiger partial charge in [-0.25, -0.2) is 0 Å². The topological polar surface area (TPSA) is 26.3 Å². The second kappa shape index (κ2) is 4.16. The molecule has 0 saturated heterocycles. The lowest BCUT2D eigenvalue weighted by atomic mass is 9.95. The van der Waals surface area contributed by atoms with E-state index in [0.29, 0.717) is 24.9 Å². The Morgan fingerprint density at radius 2 is 2.29 bits per heavy atom. The van der Waals surface area contributed by atoms with E-state index in [1.54, 1.807) is 0 Å². The molecule has 14 heavy (non-hydrogen) atoms. The van der Waals surface area contributed by atoms with E-state index in [1.807, 2.05) is 6.92 Å². The maximum absolute atomic E-state index is 11.2. The molecule has 2 rings (SSSR count). The molecule has 2 heteroatoms. The van der Waals surface area contributed by atoms with E-state index in [1.165, 1.54) is 12.8 Å². The van der Waals surface area contributed by atoms with Gasteiger partial charge in [0, 0.05) is 6.42 Å². The number of carbonyl (C=O) groups is 1. The molecule has 78 valence electrons. The summed E-state index contributed by atoms with van der Waals surface area (Å²) in [4.78, 5) is 11.2. The van der Waals surface area contributed by atoms with Gasteiger partial charge >= 0.3 is 5.97 Å². The largest absolute Gasteiger partial charge is 0.465 e. The van der Waals surface area contributed by atoms with Crippen LogP contribution in [0.25, 0.3) is 0 Å². The Kier molecular flexibility index (Phi) is 2.90. The normalized spacial score (nSPS) is 33.6. The second-order valence-electron chi connectivity index (χ2n) is 4.47. The molecule has 1 unspecified atom stereocenters. The Balaban J connectivity index is 1.72. The van der Waals surface area contributed by atoms with E-state index in [0.717, 1.165) is 12.3 Å². The molecule has 2 bridgehead atoms. The van der Waals surface area contributed by atoms with Gasteiger partial charge in [0.1, 0.15) is 0 Å². The van der Waals surface area contributed by atoms with Gasteiger partial charge in [0.15, 0.2) is 0 Å². The molecule has 0 aromatic heterocycles. The Morgan fingerprint density at radius 1 is 1.43 bits per heavy atom. The van der Waals surface area contributed by atoms with Crippen molar-refractivity contribution in [1.82, 2.24) is 0 Å². The molecule has 0 spiro atoms. The quantitative estimate of drug-likeness (QED) is 0.508. The number of allylic oxidation sites excluding steroid dienone is 2. The van der Waals surface area contributed by atoms with Crippen LogP contribution in [0.4, 0.5) is 0 Å². The van der Waals surface area contributed by atoms with Crippen LogP contribution in [0.5, 0.6) is 0 Å². The van der Waals surface area contributed by atoms with Gasteiger partial charge in [-0.1, -0.05) is 19.1 Å². The number of hydrogen-bond donors (Lipinski definition) is 0. The number of carbonyl (C=O) groups excluding carboxylic acids is 1. The average molecular weight is 194 g/mol. The lowest BCUT2D eigenvalue weighted by Crippen LogP contribution is -2.17. The van der Waals surface area contributed by atoms with Crippen LogP contribution in [0, 0.1) is 17.8 Å². The van der Waals surface area contributed by atoms with E-state index in [4.69, 9.17) is 4.74 Å². The van der Waals surface area contributed by atoms with Crippen LogP contribution in [0.15, 0.2) is 12.2 Å². The van der Waals surface area contributed by atoms with E-state index < -0.39 is 0 Å². The third-order valence-electron chi connectivity index (χ3n) is 3.33. The molecule has 0 amide bonds. The van der Waals surface area contributed by atoms with Crippen molar-refractivity contribution in [3.8, 4) is 0 Å². The summed E-state index contributed by atoms with van der Waals surface area (Å²) in [6.45, 7) is 2.64. The molecule has 0 radical (unpaired) electrons. The summed E-state index contributed by atoms with van der Waals surface area (Å²) >= 11 is 0. The first kappa shape index (κ1) is 9.75. The van der Waals surface area contributed by atoms with Crippen molar-refractivity contribution in [3.05, 3.63) is 12.2 Å². The fourth-order valence-corrected chi connectivity index (χ4v) is 2.56. The lowest BCUT2D eigenvalue weighted by Gasteiger charge is -2.17. The number of esters is 1. The Bertz CT molecular complexity index is 245. The van der Waals surface area contributed by atoms with Gasteiger partial charge in [0.05, 0.1) is 6.61 Å². The van der Waals surface area contributed by atoms with E-state index >= 15 is 0 Å². The van der Waals surface area contributed by atoms with Gasteiger partial charge in [0.2, 0.25) is 0 Å². The lowest BCUT2D eigenvalue weighted by molar-refractivity contribution is -0.145. The molecule has 1 saturated carbocycles. The van der Waals surface area contributed by atoms with Gasteiger partial charge < -0.3 is 4.74 Å². The van der Waals surface area contributed by atoms with Crippen molar-refractivity contribution >= 4 is 5.97 Å². The number of fused-ring (bicyclic) bond motifs is 2. The molecular formula is C12H18O2. The Hall–Kier alpha value is -0.790. The maximum Gasteiger partial charge on any atom is 0.305 e. The fraction of sp³-hybridized carbons (Fsp3) is 0.750. The van der Waals surface area contributed by atoms with Gasteiger partial charge in [-0.2, -0.15) is 0 Å². The van der Waals surface area contributed by atoms with Crippen LogP contribution in [0.1, 0.15) is 32.6 Å². The average Bonchev–Trinajstić information content (AvgIpc) is 2.76. The fourth-order valence-electron chi connectivity index (χ4n) is 2.56. The van der Waals surface area contributed by atoms with E-state index in [-0.39, 0.29) is 5.97 Å². The molecule has 1 fully saturated rings. The Labute approximate surface area is 85.3 Å². The summed E-state index contributed by atoms with van der Waals surface area (Å²) in [5.74, 6) is 2.04. The highest BCUT2D eigenvalue weighted by atomic mass is 16.5. The molecule has 0 aromatic rings. The first-order valence-electron chi connectivity index (χ1n) is 5.63. The Morgan fingerprint density at radius 3 is 2.86 bits per heavy atom. The van der Waals surface area contributed by atoms with Gasteiger partial charge in [0.25, 0.3) is 0 Å². The molecule has 0 N–H and O–H groups in total. The summed E-state index contributed by atoms with van der Waals surface area (Å²) in [6.07, 6.45) is 8.57. The van der Waals surface area contributed by atoms with Crippen molar-refractivity contribution in [2.24, 2.45) is 17.8 Å². The van der Waals surface area contributed by atoms with E-state index in [9.17, 15) is 4.79 Å². The first-order chi connectivity index (χ1) is 6.79. The van der Waals surface area contributed by atoms with E-state index in [2.05, 4.69) is 12.2 Å². The molecule has 0 aliphatic heterocycles. The van der Waals surface area contributed by atoms with Crippen LogP contribution >= 0.6 is 0 Å². The van der Waals surface area contributed by atoms with Crippen molar-refractivity contribution in [3.63, 3.8) is 0 Å². The molecule has 2 aliphatic carbocycles. The third kappa shape index (κ3) is 1.99. The number of ether oxygens (including phenoxy) is 1. The molecule has 2 nitrogen and oxygen atoms in total. The summed E-state index contributed by atoms with van der Waals surface area (Å²) in [5.41, 5.74) is 0. The SMILES string of the molecule is CCCC(=O)OCC1C[C@@H]2C=C[C@H]1C2. The van der Waals surface area contributed by atoms with Gasteiger partial charge in [-0.3, -0.25) is 4.79 Å². The second-order valence-corrected chi connectivity index (χ2v) is 4.47. The standard InChI is InChI=1S/C12H18O2/c1-2-3-12(13)14-8-11-7-9-4-5-10(11)6-9/h4-5,9-11H,2-3,6-8H2,1H3/t9-,10+,11?/m1/s1. The van der Waals surface area contributed by atoms with Crippen LogP contribution in [0.3, 0.4) is 0 Å². The van der Waals surface area contributed by atoms with Crippen LogP contribution in [0.2, 0.25) is 0 Å². The highest BCUT2D eigenvalue weighted by Crippen LogP contribution is 2.43. The monoisotopic (exact) mass is 194 g/mol. The van der Waals surface area contributed by atoms with Crippen molar-refractivity contribution in [2.45, 2.75) is 32.6 Å². The zero-order valence-corrected chi connectivity index (χ0v) is 8.74. The highest BCUT2D eigenvalue weighted by Gasteiger charge is 2.35. The zero-order chi connectivity index (χ0) is 9.97. The third-order valence-corrected chi connectivity index (χ3v) is 3.33. The minimum absolute atomic E-state index is 0.0285. The number of rotatable bonds is 4. The van der Waals surface area contributed by atoms with Crippen molar-refractivity contribution in [2.75, 3.05) is 6.61 Å². The minimum Gasteiger partial charge on any atom is -0.465 e. The highest BCUT2D eigenvalue weighted by molar-refractivity contribution is 5.69. The summed E-state index contributed by atoms with van der Waals surface area (Å²) in [5, 5.41) is 0. The van der Waals surface area contributed by atoms with Gasteiger partial charge in [-0.05, 0) is 37.0 Å². The summed E-state index contributed by atoms with van der Waals surface area (Å²) < 4.78 is 5.25. The maximum atomic E-state index is 11.2. The first-order valence-corrected chi connectivity index (χ1v) is 5.63. The molecule has 0 heterocycles. The van der Waals surface area contributed by atoms with Gasteiger partial charge in [-0.15, -0.1) is 0 Å². The smallest absolute Gasteiger partial charge is 0.305 e. The summed E-state index contributed by atoms with van der Waals surface area (Å²) in [7, 11) is 0. The molecule has 2 aliphatic rings. The van der Waals surface area contributed by atoms with Crippen molar-refractivity contribution < 1.29 is 9.53 Å². The van der Waals surface area contributed by atoms with Crippen LogP contribution in [-0.4, -0.2) is 12.6 Å². The van der Waals surface area contributed by atoms with Crippen LogP contribution < -0.4 is 0 Å². The molecule has 3 atom stereocenters. The molecule has 0 aromatic carbocycles. The summed E-state index contributed by atoms with van der Waals surface area (Å²) in [6, 6.07) is 0. The zero-order valence-electron chi connectivity index (χ0n) is 8.74. The predicted molar refractivity (Wildman–Crippen MR) is 54.7 cm³/mol. The number of hydrogen-bond acceptors (Lipinski definition) is 2. The molecular weight excluding hydrogens is 176 g/mol. The van der Waals surface area contributed by atoms with Crippen LogP contribution in [-0.2, 0) is 9.53 Å². The minimum atomic E-state index is -0.0285. The predicted octanol–water partition coefficient (Wildman–Crippen LogP) is 2.54.